The van der Waals surface area contributed by atoms with Crippen LogP contribution in [0.15, 0.2) is 13.5 Å². The molecular weight excluding hydrogens is 330 g/mol. The Morgan fingerprint density at radius 3 is 1.88 bits per heavy atom. The lowest BCUT2D eigenvalue weighted by atomic mass is 10.5. The van der Waals surface area contributed by atoms with Crippen molar-refractivity contribution in [1.29, 1.82) is 0 Å². The molecule has 0 radical (unpaired) electrons. The van der Waals surface area contributed by atoms with Gasteiger partial charge in [0, 0.05) is 0 Å². The Kier molecular flexibility index (Phi) is 3.54. The maximum atomic E-state index is 6.08. The Balaban J connectivity index is 2.14. The molecule has 0 atom stereocenters. The first-order chi connectivity index (χ1) is 8.04. The van der Waals surface area contributed by atoms with Gasteiger partial charge in [-0.3, -0.25) is 0 Å². The Labute approximate surface area is 108 Å². The van der Waals surface area contributed by atoms with E-state index in [2.05, 4.69) is 13.5 Å². The van der Waals surface area contributed by atoms with Crippen molar-refractivity contribution in [3.63, 3.8) is 0 Å². The van der Waals surface area contributed by atoms with Gasteiger partial charge in [-0.15, -0.1) is 4.52 Å². The summed E-state index contributed by atoms with van der Waals surface area (Å²) in [6, 6.07) is 0. The highest BCUT2D eigenvalue weighted by molar-refractivity contribution is 8.13. The van der Waals surface area contributed by atoms with E-state index in [0.717, 1.165) is 6.42 Å². The molecule has 17 heavy (non-hydrogen) atoms. The molecular formula is C5H10Cl2N3O4P3. The van der Waals surface area contributed by atoms with Crippen LogP contribution in [0.25, 0.3) is 0 Å². The molecule has 2 fully saturated rings. The van der Waals surface area contributed by atoms with Crippen LogP contribution in [-0.4, -0.2) is 26.4 Å². The van der Waals surface area contributed by atoms with Gasteiger partial charge in [-0.25, -0.2) is 0 Å². The Morgan fingerprint density at radius 2 is 1.24 bits per heavy atom. The summed E-state index contributed by atoms with van der Waals surface area (Å²) in [5.41, 5.74) is 0. The first-order valence-corrected chi connectivity index (χ1v) is 11.5. The minimum atomic E-state index is -2.89. The summed E-state index contributed by atoms with van der Waals surface area (Å²) in [6.07, 6.45) is 0.799. The first kappa shape index (κ1) is 13.1. The van der Waals surface area contributed by atoms with Crippen molar-refractivity contribution in [2.45, 2.75) is 6.42 Å². The summed E-state index contributed by atoms with van der Waals surface area (Å²) in [4.78, 5) is 0. The second-order valence-corrected chi connectivity index (χ2v) is 12.8. The van der Waals surface area contributed by atoms with Gasteiger partial charge in [0.15, 0.2) is 0 Å². The normalized spacial score (nSPS) is 32.8. The molecule has 0 amide bonds. The van der Waals surface area contributed by atoms with Crippen LogP contribution in [0.5, 0.6) is 0 Å². The Morgan fingerprint density at radius 1 is 0.706 bits per heavy atom. The summed E-state index contributed by atoms with van der Waals surface area (Å²) in [7, 11) is -5.53. The largest absolute Gasteiger partial charge is 0.347 e. The lowest BCUT2D eigenvalue weighted by Gasteiger charge is -2.29. The molecule has 98 valence electrons. The molecule has 0 saturated carbocycles. The SMILES string of the molecule is ClP1(Cl)=NP2(=NP3(=N1)OCCO3)OCCCO2. The number of rotatable bonds is 0. The molecule has 3 rings (SSSR count). The summed E-state index contributed by atoms with van der Waals surface area (Å²) >= 11 is 12.2. The third kappa shape index (κ3) is 2.69. The van der Waals surface area contributed by atoms with Crippen LogP contribution in [0.3, 0.4) is 0 Å². The van der Waals surface area contributed by atoms with E-state index in [4.69, 9.17) is 40.6 Å². The van der Waals surface area contributed by atoms with Crippen molar-refractivity contribution in [3.8, 4) is 0 Å². The van der Waals surface area contributed by atoms with Crippen LogP contribution < -0.4 is 0 Å². The van der Waals surface area contributed by atoms with Crippen LogP contribution in [0.1, 0.15) is 6.42 Å². The molecule has 2 spiro atoms. The average Bonchev–Trinajstić information content (AvgIpc) is 2.63. The highest BCUT2D eigenvalue weighted by atomic mass is 35.9. The summed E-state index contributed by atoms with van der Waals surface area (Å²) in [6.45, 7) is 1.90. The van der Waals surface area contributed by atoms with Crippen molar-refractivity contribution in [2.75, 3.05) is 26.4 Å². The van der Waals surface area contributed by atoms with Crippen molar-refractivity contribution in [1.82, 2.24) is 0 Å². The van der Waals surface area contributed by atoms with Gasteiger partial charge >= 0.3 is 15.3 Å². The molecule has 0 unspecified atom stereocenters. The molecule has 12 heteroatoms. The fourth-order valence-corrected chi connectivity index (χ4v) is 12.4. The first-order valence-electron chi connectivity index (χ1n) is 4.92. The van der Waals surface area contributed by atoms with Crippen LogP contribution in [-0.2, 0) is 18.1 Å². The minimum absolute atomic E-state index is 0.425. The maximum Gasteiger partial charge on any atom is 0.347 e. The molecule has 3 heterocycles. The van der Waals surface area contributed by atoms with Gasteiger partial charge in [-0.05, 0) is 28.9 Å². The smallest absolute Gasteiger partial charge is 0.306 e. The van der Waals surface area contributed by atoms with Crippen LogP contribution in [0.2, 0.25) is 0 Å². The van der Waals surface area contributed by atoms with Gasteiger partial charge in [0.2, 0.25) is 0 Å². The third-order valence-corrected chi connectivity index (χ3v) is 11.9. The fraction of sp³-hybridized carbons (Fsp3) is 1.00. The third-order valence-electron chi connectivity index (χ3n) is 2.08. The van der Waals surface area contributed by atoms with Gasteiger partial charge in [0.25, 0.3) is 5.91 Å². The van der Waals surface area contributed by atoms with Gasteiger partial charge in [0.1, 0.15) is 0 Å². The number of hydrogen-bond donors (Lipinski definition) is 0. The molecule has 3 aliphatic heterocycles. The van der Waals surface area contributed by atoms with Crippen LogP contribution >= 0.6 is 43.7 Å². The Hall–Kier alpha value is 1.11. The zero-order chi connectivity index (χ0) is 12.0. The predicted octanol–water partition coefficient (Wildman–Crippen LogP) is 4.80. The predicted molar refractivity (Wildman–Crippen MR) is 68.2 cm³/mol. The maximum absolute atomic E-state index is 6.08. The lowest BCUT2D eigenvalue weighted by Crippen LogP contribution is -2.07. The van der Waals surface area contributed by atoms with Crippen LogP contribution in [0.4, 0.5) is 0 Å². The summed E-state index contributed by atoms with van der Waals surface area (Å²) < 4.78 is 34.7. The standard InChI is InChI=1S/C5H10Cl2N3O4P3/c6-15(7)8-16(11-2-1-3-12-16)10-17(9-15)13-4-5-14-17/h1-5H2. The number of nitrogens with zero attached hydrogens (tertiary/aromatic N) is 3. The van der Waals surface area contributed by atoms with Crippen molar-refractivity contribution in [2.24, 2.45) is 13.5 Å². The van der Waals surface area contributed by atoms with E-state index >= 15 is 0 Å². The van der Waals surface area contributed by atoms with Crippen molar-refractivity contribution < 1.29 is 18.1 Å². The molecule has 0 aromatic heterocycles. The van der Waals surface area contributed by atoms with E-state index in [-0.39, 0.29) is 0 Å². The molecule has 0 N–H and O–H groups in total. The minimum Gasteiger partial charge on any atom is -0.306 e. The van der Waals surface area contributed by atoms with Crippen LogP contribution in [0, 0.1) is 0 Å². The van der Waals surface area contributed by atoms with E-state index in [0.29, 0.717) is 26.4 Å². The zero-order valence-electron chi connectivity index (χ0n) is 8.61. The van der Waals surface area contributed by atoms with Gasteiger partial charge < -0.3 is 18.1 Å². The molecule has 0 aromatic carbocycles. The molecule has 0 bridgehead atoms. The average molecular weight is 340 g/mol. The molecule has 0 aromatic rings. The van der Waals surface area contributed by atoms with E-state index in [9.17, 15) is 0 Å². The molecule has 0 aliphatic carbocycles. The Bertz CT molecular complexity index is 483. The zero-order valence-corrected chi connectivity index (χ0v) is 12.8. The highest BCUT2D eigenvalue weighted by Crippen LogP contribution is 2.84. The second-order valence-electron chi connectivity index (χ2n) is 3.39. The number of hydrogen-bond acceptors (Lipinski definition) is 7. The van der Waals surface area contributed by atoms with E-state index in [1.807, 2.05) is 0 Å². The summed E-state index contributed by atoms with van der Waals surface area (Å²) in [5.74, 6) is -2.89. The quantitative estimate of drug-likeness (QED) is 0.594. The lowest BCUT2D eigenvalue weighted by molar-refractivity contribution is 0.174. The van der Waals surface area contributed by atoms with Gasteiger partial charge in [-0.2, -0.15) is 9.03 Å². The van der Waals surface area contributed by atoms with Crippen molar-refractivity contribution in [3.05, 3.63) is 0 Å². The van der Waals surface area contributed by atoms with Gasteiger partial charge in [0.05, 0.1) is 26.4 Å². The topological polar surface area (TPSA) is 74.0 Å². The van der Waals surface area contributed by atoms with E-state index in [1.54, 1.807) is 0 Å². The number of halogens is 2. The van der Waals surface area contributed by atoms with Crippen molar-refractivity contribution >= 4 is 43.7 Å². The molecule has 7 nitrogen and oxygen atoms in total. The van der Waals surface area contributed by atoms with E-state index in [1.165, 1.54) is 0 Å². The van der Waals surface area contributed by atoms with E-state index < -0.39 is 21.2 Å². The molecule has 2 saturated heterocycles. The van der Waals surface area contributed by atoms with Gasteiger partial charge in [-0.1, -0.05) is 0 Å². The monoisotopic (exact) mass is 339 g/mol. The second kappa shape index (κ2) is 4.59. The highest BCUT2D eigenvalue weighted by Gasteiger charge is 2.42. The fourth-order valence-electron chi connectivity index (χ4n) is 1.49. The molecule has 3 aliphatic rings. The summed E-state index contributed by atoms with van der Waals surface area (Å²) in [5, 5.41) is 0.